The predicted molar refractivity (Wildman–Crippen MR) is 103 cm³/mol. The van der Waals surface area contributed by atoms with Gasteiger partial charge in [0.15, 0.2) is 0 Å². The normalized spacial score (nSPS) is 10.2. The Labute approximate surface area is 151 Å². The molecular formula is C21H19N3O2. The van der Waals surface area contributed by atoms with Crippen LogP contribution in [-0.4, -0.2) is 11.8 Å². The Hall–Kier alpha value is -3.60. The SMILES string of the molecule is Nc1ccccc1NC(=O)c1ccc(CNC(=O)c2ccccc2)cc1. The Balaban J connectivity index is 1.59. The van der Waals surface area contributed by atoms with Crippen molar-refractivity contribution in [3.63, 3.8) is 0 Å². The maximum absolute atomic E-state index is 12.3. The molecule has 0 spiro atoms. The number of benzene rings is 3. The van der Waals surface area contributed by atoms with Gasteiger partial charge >= 0.3 is 0 Å². The van der Waals surface area contributed by atoms with Crippen molar-refractivity contribution in [2.24, 2.45) is 0 Å². The molecular weight excluding hydrogens is 326 g/mol. The summed E-state index contributed by atoms with van der Waals surface area (Å²) in [7, 11) is 0. The number of hydrogen-bond donors (Lipinski definition) is 3. The first-order valence-electron chi connectivity index (χ1n) is 8.21. The molecule has 0 unspecified atom stereocenters. The Kier molecular flexibility index (Phi) is 5.29. The predicted octanol–water partition coefficient (Wildman–Crippen LogP) is 3.45. The molecule has 0 atom stereocenters. The fourth-order valence-corrected chi connectivity index (χ4v) is 2.45. The van der Waals surface area contributed by atoms with Gasteiger partial charge in [0.1, 0.15) is 0 Å². The number of nitrogen functional groups attached to an aromatic ring is 1. The van der Waals surface area contributed by atoms with Gasteiger partial charge in [0.2, 0.25) is 0 Å². The summed E-state index contributed by atoms with van der Waals surface area (Å²) in [4.78, 5) is 24.3. The van der Waals surface area contributed by atoms with E-state index in [1.807, 2.05) is 42.5 Å². The zero-order chi connectivity index (χ0) is 18.4. The summed E-state index contributed by atoms with van der Waals surface area (Å²) < 4.78 is 0. The van der Waals surface area contributed by atoms with Crippen LogP contribution in [0.3, 0.4) is 0 Å². The van der Waals surface area contributed by atoms with Crippen LogP contribution in [0.25, 0.3) is 0 Å². The van der Waals surface area contributed by atoms with E-state index in [1.54, 1.807) is 36.4 Å². The van der Waals surface area contributed by atoms with Gasteiger partial charge < -0.3 is 16.4 Å². The zero-order valence-electron chi connectivity index (χ0n) is 14.1. The third-order valence-corrected chi connectivity index (χ3v) is 3.91. The third kappa shape index (κ3) is 4.27. The van der Waals surface area contributed by atoms with Gasteiger partial charge in [-0.1, -0.05) is 42.5 Å². The molecule has 5 heteroatoms. The summed E-state index contributed by atoms with van der Waals surface area (Å²) >= 11 is 0. The Morgan fingerprint density at radius 2 is 1.35 bits per heavy atom. The van der Waals surface area contributed by atoms with Crippen molar-refractivity contribution in [2.75, 3.05) is 11.1 Å². The summed E-state index contributed by atoms with van der Waals surface area (Å²) in [6.07, 6.45) is 0. The van der Waals surface area contributed by atoms with Crippen LogP contribution in [0.15, 0.2) is 78.9 Å². The zero-order valence-corrected chi connectivity index (χ0v) is 14.1. The van der Waals surface area contributed by atoms with E-state index >= 15 is 0 Å². The summed E-state index contributed by atoms with van der Waals surface area (Å²) in [5.74, 6) is -0.366. The molecule has 0 aliphatic carbocycles. The lowest BCUT2D eigenvalue weighted by molar-refractivity contribution is 0.0950. The van der Waals surface area contributed by atoms with Crippen LogP contribution in [-0.2, 0) is 6.54 Å². The highest BCUT2D eigenvalue weighted by atomic mass is 16.2. The van der Waals surface area contributed by atoms with Gasteiger partial charge in [-0.3, -0.25) is 9.59 Å². The quantitative estimate of drug-likeness (QED) is 0.619. The van der Waals surface area contributed by atoms with Gasteiger partial charge in [0.25, 0.3) is 11.8 Å². The fraction of sp³-hybridized carbons (Fsp3) is 0.0476. The standard InChI is InChI=1S/C21H19N3O2/c22-18-8-4-5-9-19(18)24-21(26)17-12-10-15(11-13-17)14-23-20(25)16-6-2-1-3-7-16/h1-13H,14,22H2,(H,23,25)(H,24,26). The van der Waals surface area contributed by atoms with Crippen molar-refractivity contribution < 1.29 is 9.59 Å². The van der Waals surface area contributed by atoms with E-state index in [0.29, 0.717) is 29.0 Å². The lowest BCUT2D eigenvalue weighted by atomic mass is 10.1. The van der Waals surface area contributed by atoms with Crippen LogP contribution >= 0.6 is 0 Å². The number of nitrogens with one attached hydrogen (secondary N) is 2. The van der Waals surface area contributed by atoms with Gasteiger partial charge in [-0.2, -0.15) is 0 Å². The van der Waals surface area contributed by atoms with Crippen molar-refractivity contribution in [1.29, 1.82) is 0 Å². The molecule has 0 aliphatic rings. The highest BCUT2D eigenvalue weighted by Crippen LogP contribution is 2.18. The molecule has 0 aliphatic heterocycles. The number of anilines is 2. The van der Waals surface area contributed by atoms with E-state index in [0.717, 1.165) is 5.56 Å². The van der Waals surface area contributed by atoms with E-state index < -0.39 is 0 Å². The maximum atomic E-state index is 12.3. The molecule has 0 saturated carbocycles. The molecule has 3 aromatic carbocycles. The Morgan fingerprint density at radius 1 is 0.731 bits per heavy atom. The van der Waals surface area contributed by atoms with Gasteiger partial charge in [-0.05, 0) is 42.0 Å². The molecule has 130 valence electrons. The van der Waals surface area contributed by atoms with Gasteiger partial charge in [0, 0.05) is 17.7 Å². The number of rotatable bonds is 5. The minimum absolute atomic E-state index is 0.132. The van der Waals surface area contributed by atoms with Gasteiger partial charge in [-0.15, -0.1) is 0 Å². The number of hydrogen-bond acceptors (Lipinski definition) is 3. The van der Waals surface area contributed by atoms with Crippen LogP contribution in [0.4, 0.5) is 11.4 Å². The topological polar surface area (TPSA) is 84.2 Å². The summed E-state index contributed by atoms with van der Waals surface area (Å²) in [5.41, 5.74) is 8.97. The Bertz CT molecular complexity index is 906. The molecule has 0 radical (unpaired) electrons. The van der Waals surface area contributed by atoms with Crippen molar-refractivity contribution in [3.8, 4) is 0 Å². The second-order valence-electron chi connectivity index (χ2n) is 5.79. The maximum Gasteiger partial charge on any atom is 0.255 e. The molecule has 0 fully saturated rings. The first kappa shape index (κ1) is 17.2. The molecule has 0 aromatic heterocycles. The van der Waals surface area contributed by atoms with Crippen LogP contribution in [0.1, 0.15) is 26.3 Å². The third-order valence-electron chi connectivity index (χ3n) is 3.91. The number of carbonyl (C=O) groups excluding carboxylic acids is 2. The van der Waals surface area contributed by atoms with Crippen LogP contribution < -0.4 is 16.4 Å². The molecule has 0 bridgehead atoms. The summed E-state index contributed by atoms with van der Waals surface area (Å²) in [6, 6.07) is 23.2. The molecule has 4 N–H and O–H groups in total. The average Bonchev–Trinajstić information content (AvgIpc) is 2.69. The van der Waals surface area contributed by atoms with Crippen molar-refractivity contribution >= 4 is 23.2 Å². The van der Waals surface area contributed by atoms with Gasteiger partial charge in [-0.25, -0.2) is 0 Å². The number of para-hydroxylation sites is 2. The number of amides is 2. The second-order valence-corrected chi connectivity index (χ2v) is 5.79. The minimum Gasteiger partial charge on any atom is -0.397 e. The van der Waals surface area contributed by atoms with Crippen molar-refractivity contribution in [1.82, 2.24) is 5.32 Å². The smallest absolute Gasteiger partial charge is 0.255 e. The highest BCUT2D eigenvalue weighted by Gasteiger charge is 2.08. The second kappa shape index (κ2) is 7.98. The van der Waals surface area contributed by atoms with Crippen LogP contribution in [0.2, 0.25) is 0 Å². The number of nitrogens with two attached hydrogens (primary N) is 1. The lowest BCUT2D eigenvalue weighted by Crippen LogP contribution is -2.22. The minimum atomic E-state index is -0.234. The monoisotopic (exact) mass is 345 g/mol. The lowest BCUT2D eigenvalue weighted by Gasteiger charge is -2.09. The Morgan fingerprint density at radius 3 is 2.04 bits per heavy atom. The largest absolute Gasteiger partial charge is 0.397 e. The number of carbonyl (C=O) groups is 2. The molecule has 0 heterocycles. The van der Waals surface area contributed by atoms with Crippen LogP contribution in [0, 0.1) is 0 Å². The van der Waals surface area contributed by atoms with Crippen LogP contribution in [0.5, 0.6) is 0 Å². The molecule has 0 saturated heterocycles. The van der Waals surface area contributed by atoms with Crippen molar-refractivity contribution in [3.05, 3.63) is 95.6 Å². The molecule has 3 rings (SSSR count). The molecule has 2 amide bonds. The van der Waals surface area contributed by atoms with Gasteiger partial charge in [0.05, 0.1) is 11.4 Å². The fourth-order valence-electron chi connectivity index (χ4n) is 2.45. The van der Waals surface area contributed by atoms with E-state index in [4.69, 9.17) is 5.73 Å². The van der Waals surface area contributed by atoms with E-state index in [1.165, 1.54) is 0 Å². The highest BCUT2D eigenvalue weighted by molar-refractivity contribution is 6.05. The molecule has 26 heavy (non-hydrogen) atoms. The summed E-state index contributed by atoms with van der Waals surface area (Å²) in [5, 5.41) is 5.64. The van der Waals surface area contributed by atoms with E-state index in [2.05, 4.69) is 10.6 Å². The van der Waals surface area contributed by atoms with E-state index in [9.17, 15) is 9.59 Å². The van der Waals surface area contributed by atoms with Crippen molar-refractivity contribution in [2.45, 2.75) is 6.54 Å². The first-order chi connectivity index (χ1) is 12.6. The molecule has 3 aromatic rings. The summed E-state index contributed by atoms with van der Waals surface area (Å²) in [6.45, 7) is 0.390. The first-order valence-corrected chi connectivity index (χ1v) is 8.21. The molecule has 5 nitrogen and oxygen atoms in total. The van der Waals surface area contributed by atoms with E-state index in [-0.39, 0.29) is 11.8 Å². The average molecular weight is 345 g/mol.